The number of rotatable bonds is 3. The zero-order valence-corrected chi connectivity index (χ0v) is 12.7. The van der Waals surface area contributed by atoms with E-state index in [-0.39, 0.29) is 29.8 Å². The van der Waals surface area contributed by atoms with Crippen molar-refractivity contribution in [3.05, 3.63) is 58.6 Å². The number of carbonyl (C=O) groups excluding carboxylic acids is 1. The van der Waals surface area contributed by atoms with Gasteiger partial charge >= 0.3 is 5.97 Å². The van der Waals surface area contributed by atoms with Crippen LogP contribution in [0, 0.1) is 17.1 Å². The number of nitriles is 1. The molecule has 24 heavy (non-hydrogen) atoms. The van der Waals surface area contributed by atoms with Crippen molar-refractivity contribution in [1.82, 2.24) is 9.97 Å². The van der Waals surface area contributed by atoms with Crippen LogP contribution < -0.4 is 10.5 Å². The fourth-order valence-corrected chi connectivity index (χ4v) is 2.53. The molecule has 1 aromatic carbocycles. The van der Waals surface area contributed by atoms with Gasteiger partial charge in [-0.25, -0.2) is 9.18 Å². The number of nitrogens with zero attached hydrogens (tertiary/aromatic N) is 2. The second-order valence-corrected chi connectivity index (χ2v) is 5.00. The molecule has 8 heteroatoms. The number of H-pyrrole nitrogens is 1. The van der Waals surface area contributed by atoms with E-state index in [2.05, 4.69) is 9.97 Å². The molecule has 0 saturated carbocycles. The smallest absolute Gasteiger partial charge is 0.374 e. The van der Waals surface area contributed by atoms with Crippen molar-refractivity contribution >= 4 is 5.97 Å². The van der Waals surface area contributed by atoms with Crippen LogP contribution in [-0.4, -0.2) is 22.5 Å². The average Bonchev–Trinajstić information content (AvgIpc) is 2.97. The Morgan fingerprint density at radius 2 is 2.38 bits per heavy atom. The topological polar surface area (TPSA) is 114 Å². The monoisotopic (exact) mass is 328 g/mol. The number of allylic oxidation sites excluding steroid dienone is 1. The summed E-state index contributed by atoms with van der Waals surface area (Å²) >= 11 is 0. The minimum absolute atomic E-state index is 0.0591. The van der Waals surface area contributed by atoms with E-state index in [1.54, 1.807) is 13.0 Å². The molecule has 0 aliphatic carbocycles. The molecule has 0 bridgehead atoms. The second-order valence-electron chi connectivity index (χ2n) is 5.00. The maximum Gasteiger partial charge on any atom is 0.374 e. The van der Waals surface area contributed by atoms with Gasteiger partial charge in [-0.05, 0) is 24.6 Å². The van der Waals surface area contributed by atoms with Crippen LogP contribution in [0.2, 0.25) is 0 Å². The van der Waals surface area contributed by atoms with Gasteiger partial charge in [-0.15, -0.1) is 0 Å². The van der Waals surface area contributed by atoms with Gasteiger partial charge in [0.2, 0.25) is 17.6 Å². The van der Waals surface area contributed by atoms with Crippen LogP contribution >= 0.6 is 0 Å². The lowest BCUT2D eigenvalue weighted by Gasteiger charge is -2.22. The van der Waals surface area contributed by atoms with Crippen molar-refractivity contribution < 1.29 is 18.7 Å². The van der Waals surface area contributed by atoms with Gasteiger partial charge < -0.3 is 20.2 Å². The molecular formula is C16H13FN4O3. The highest BCUT2D eigenvalue weighted by molar-refractivity contribution is 5.85. The number of hydrogen-bond acceptors (Lipinski definition) is 6. The lowest BCUT2D eigenvalue weighted by atomic mass is 9.88. The maximum atomic E-state index is 13.6. The third-order valence-electron chi connectivity index (χ3n) is 3.52. The van der Waals surface area contributed by atoms with E-state index in [4.69, 9.17) is 15.2 Å². The highest BCUT2D eigenvalue weighted by atomic mass is 19.1. The SMILES string of the molecule is CCOC(=O)c1nc2c([nH]1)[C@H](c1cccc(F)c1)C(C#N)=C(N)O2. The molecule has 1 aliphatic heterocycles. The van der Waals surface area contributed by atoms with Crippen LogP contribution in [-0.2, 0) is 4.74 Å². The third kappa shape index (κ3) is 2.56. The summed E-state index contributed by atoms with van der Waals surface area (Å²) < 4.78 is 23.8. The first-order valence-corrected chi connectivity index (χ1v) is 7.15. The largest absolute Gasteiger partial charge is 0.460 e. The highest BCUT2D eigenvalue weighted by Gasteiger charge is 2.35. The van der Waals surface area contributed by atoms with Crippen LogP contribution in [0.15, 0.2) is 35.7 Å². The molecule has 1 atom stereocenters. The summed E-state index contributed by atoms with van der Waals surface area (Å²) in [5.74, 6) is -1.99. The Labute approximate surface area is 136 Å². The van der Waals surface area contributed by atoms with E-state index in [0.29, 0.717) is 11.3 Å². The van der Waals surface area contributed by atoms with Crippen LogP contribution in [0.3, 0.4) is 0 Å². The van der Waals surface area contributed by atoms with Gasteiger partial charge in [0.15, 0.2) is 0 Å². The summed E-state index contributed by atoms with van der Waals surface area (Å²) in [5.41, 5.74) is 6.72. The number of carbonyl (C=O) groups is 1. The molecule has 2 heterocycles. The molecule has 0 radical (unpaired) electrons. The minimum atomic E-state index is -0.717. The van der Waals surface area contributed by atoms with Crippen LogP contribution in [0.25, 0.3) is 0 Å². The third-order valence-corrected chi connectivity index (χ3v) is 3.52. The van der Waals surface area contributed by atoms with Crippen LogP contribution in [0.1, 0.15) is 34.7 Å². The molecule has 2 aromatic rings. The van der Waals surface area contributed by atoms with Crippen molar-refractivity contribution in [2.75, 3.05) is 6.61 Å². The number of nitrogens with one attached hydrogen (secondary N) is 1. The van der Waals surface area contributed by atoms with E-state index < -0.39 is 17.7 Å². The predicted octanol–water partition coefficient (Wildman–Crippen LogP) is 1.94. The molecule has 1 aliphatic rings. The van der Waals surface area contributed by atoms with E-state index in [1.165, 1.54) is 18.2 Å². The van der Waals surface area contributed by atoms with E-state index in [1.807, 2.05) is 6.07 Å². The van der Waals surface area contributed by atoms with Crippen molar-refractivity contribution in [2.24, 2.45) is 5.73 Å². The molecule has 0 saturated heterocycles. The van der Waals surface area contributed by atoms with Crippen molar-refractivity contribution in [2.45, 2.75) is 12.8 Å². The number of esters is 1. The Kier molecular flexibility index (Phi) is 3.92. The molecule has 0 amide bonds. The molecular weight excluding hydrogens is 315 g/mol. The quantitative estimate of drug-likeness (QED) is 0.832. The Morgan fingerprint density at radius 3 is 3.04 bits per heavy atom. The normalized spacial score (nSPS) is 16.1. The zero-order valence-electron chi connectivity index (χ0n) is 12.7. The Hall–Kier alpha value is -3.34. The predicted molar refractivity (Wildman–Crippen MR) is 80.2 cm³/mol. The van der Waals surface area contributed by atoms with Gasteiger partial charge in [0.05, 0.1) is 18.2 Å². The number of benzene rings is 1. The van der Waals surface area contributed by atoms with Crippen molar-refractivity contribution in [3.63, 3.8) is 0 Å². The van der Waals surface area contributed by atoms with Gasteiger partial charge in [0, 0.05) is 0 Å². The van der Waals surface area contributed by atoms with Crippen LogP contribution in [0.5, 0.6) is 5.88 Å². The van der Waals surface area contributed by atoms with Gasteiger partial charge in [-0.1, -0.05) is 12.1 Å². The van der Waals surface area contributed by atoms with Gasteiger partial charge in [-0.3, -0.25) is 0 Å². The van der Waals surface area contributed by atoms with Crippen LogP contribution in [0.4, 0.5) is 4.39 Å². The summed E-state index contributed by atoms with van der Waals surface area (Å²) in [5, 5.41) is 9.40. The number of fused-ring (bicyclic) bond motifs is 1. The average molecular weight is 328 g/mol. The highest BCUT2D eigenvalue weighted by Crippen LogP contribution is 2.40. The van der Waals surface area contributed by atoms with Gasteiger partial charge in [0.25, 0.3) is 0 Å². The first-order chi connectivity index (χ1) is 11.5. The Balaban J connectivity index is 2.13. The minimum Gasteiger partial charge on any atom is -0.460 e. The summed E-state index contributed by atoms with van der Waals surface area (Å²) in [6, 6.07) is 7.72. The summed E-state index contributed by atoms with van der Waals surface area (Å²) in [6.45, 7) is 1.85. The fraction of sp³-hybridized carbons (Fsp3) is 0.188. The first kappa shape index (κ1) is 15.6. The maximum absolute atomic E-state index is 13.6. The van der Waals surface area contributed by atoms with E-state index in [0.717, 1.165) is 0 Å². The lowest BCUT2D eigenvalue weighted by Crippen LogP contribution is -2.21. The standard InChI is InChI=1S/C16H13FN4O3/c1-2-23-16(22)14-20-12-11(8-4-3-5-9(17)6-8)10(7-18)13(19)24-15(12)21-14/h3-6,11H,2,19H2,1H3,(H,20,21)/t11-/m1/s1. The van der Waals surface area contributed by atoms with Crippen molar-refractivity contribution in [1.29, 1.82) is 5.26 Å². The number of aromatic amines is 1. The summed E-state index contributed by atoms with van der Waals surface area (Å²) in [4.78, 5) is 18.7. The molecule has 0 spiro atoms. The van der Waals surface area contributed by atoms with Crippen molar-refractivity contribution in [3.8, 4) is 11.9 Å². The number of nitrogens with two attached hydrogens (primary N) is 1. The fourth-order valence-electron chi connectivity index (χ4n) is 2.53. The molecule has 0 unspecified atom stereocenters. The van der Waals surface area contributed by atoms with Gasteiger partial charge in [-0.2, -0.15) is 10.2 Å². The molecule has 1 aromatic heterocycles. The number of aromatic nitrogens is 2. The van der Waals surface area contributed by atoms with E-state index >= 15 is 0 Å². The summed E-state index contributed by atoms with van der Waals surface area (Å²) in [6.07, 6.45) is 0. The zero-order chi connectivity index (χ0) is 17.3. The van der Waals surface area contributed by atoms with E-state index in [9.17, 15) is 14.4 Å². The second kappa shape index (κ2) is 6.04. The molecule has 3 rings (SSSR count). The number of halogens is 1. The molecule has 0 fully saturated rings. The molecule has 122 valence electrons. The van der Waals surface area contributed by atoms with Gasteiger partial charge in [0.1, 0.15) is 17.5 Å². The number of imidazole rings is 1. The Bertz CT molecular complexity index is 882. The molecule has 3 N–H and O–H groups in total. The lowest BCUT2D eigenvalue weighted by molar-refractivity contribution is 0.0512. The molecule has 7 nitrogen and oxygen atoms in total. The summed E-state index contributed by atoms with van der Waals surface area (Å²) in [7, 11) is 0. The number of hydrogen-bond donors (Lipinski definition) is 2. The number of ether oxygens (including phenoxy) is 2. The first-order valence-electron chi connectivity index (χ1n) is 7.15. The Morgan fingerprint density at radius 1 is 1.58 bits per heavy atom.